The molecule has 0 bridgehead atoms. The van der Waals surface area contributed by atoms with Crippen LogP contribution < -0.4 is 10.6 Å². The first-order chi connectivity index (χ1) is 26.9. The molecule has 6 aromatic rings. The highest BCUT2D eigenvalue weighted by atomic mass is 32.1. The number of hydrogen-bond acceptors (Lipinski definition) is 8. The standard InChI is InChI=1S/C41H46N8O6S/c1-20(2)31(46-40(52)53)38(50)48-16-6-8-28(48)36-42-26-14-11-22-18-23(10-13-25(22)33(26)44-36)30-19-24-12-15-27-34(35(24)56-30)45-37(43-27)29-9-7-17-49(29)39(51)32(21(3)4)47-41(54)55-5/h10-15,18-21,28-29,31-32,46H,6-9,16-17H2,1-5H3,(H,42,44)(H,43,45)(H,47,54)(H,52,53)/t28-,29-,31-,32-/m0/s1. The van der Waals surface area contributed by atoms with E-state index < -0.39 is 24.3 Å². The minimum atomic E-state index is -1.21. The van der Waals surface area contributed by atoms with Crippen molar-refractivity contribution < 1.29 is 29.0 Å². The third kappa shape index (κ3) is 6.67. The summed E-state index contributed by atoms with van der Waals surface area (Å²) < 4.78 is 5.85. The number of H-pyrrole nitrogens is 2. The number of imidazole rings is 2. The molecular weight excluding hydrogens is 733 g/mol. The van der Waals surface area contributed by atoms with Gasteiger partial charge < -0.3 is 40.2 Å². The topological polar surface area (TPSA) is 186 Å². The van der Waals surface area contributed by atoms with Crippen LogP contribution in [0.3, 0.4) is 0 Å². The SMILES string of the molecule is COC(=O)N[C@H](C(=O)N1CCC[C@H]1c1nc2c(ccc3cc(-c4ccc5c(ccc6[nH]c([C@@H]7CCCN7C(=O)[C@@H](NC(=O)O)C(C)C)nc65)c4)sc32)[nH]1)C(C)C. The van der Waals surface area contributed by atoms with Crippen LogP contribution in [0.25, 0.3) is 53.4 Å². The van der Waals surface area contributed by atoms with Crippen molar-refractivity contribution in [3.63, 3.8) is 0 Å². The van der Waals surface area contributed by atoms with Gasteiger partial charge in [0, 0.05) is 23.4 Å². The van der Waals surface area contributed by atoms with Gasteiger partial charge in [0.25, 0.3) is 0 Å². The smallest absolute Gasteiger partial charge is 0.407 e. The highest BCUT2D eigenvalue weighted by Crippen LogP contribution is 2.41. The van der Waals surface area contributed by atoms with Gasteiger partial charge in [-0.05, 0) is 78.1 Å². The molecule has 5 heterocycles. The summed E-state index contributed by atoms with van der Waals surface area (Å²) in [5, 5.41) is 17.6. The third-order valence-corrected chi connectivity index (χ3v) is 12.4. The minimum Gasteiger partial charge on any atom is -0.465 e. The molecule has 8 rings (SSSR count). The molecule has 3 aromatic heterocycles. The van der Waals surface area contributed by atoms with E-state index in [1.165, 1.54) is 7.11 Å². The number of likely N-dealkylation sites (tertiary alicyclic amines) is 2. The highest BCUT2D eigenvalue weighted by Gasteiger charge is 2.39. The minimum absolute atomic E-state index is 0.116. The van der Waals surface area contributed by atoms with E-state index >= 15 is 0 Å². The maximum Gasteiger partial charge on any atom is 0.407 e. The lowest BCUT2D eigenvalue weighted by atomic mass is 10.0. The van der Waals surface area contributed by atoms with Gasteiger partial charge in [-0.1, -0.05) is 52.0 Å². The van der Waals surface area contributed by atoms with Crippen molar-refractivity contribution in [2.24, 2.45) is 11.8 Å². The predicted molar refractivity (Wildman–Crippen MR) is 215 cm³/mol. The normalized spacial score (nSPS) is 18.5. The zero-order valence-corrected chi connectivity index (χ0v) is 32.8. The molecule has 0 aliphatic carbocycles. The average molecular weight is 779 g/mol. The van der Waals surface area contributed by atoms with E-state index in [0.29, 0.717) is 18.9 Å². The van der Waals surface area contributed by atoms with Crippen LogP contribution in [0.2, 0.25) is 0 Å². The number of carbonyl (C=O) groups is 4. The summed E-state index contributed by atoms with van der Waals surface area (Å²) in [5.41, 5.74) is 4.55. The summed E-state index contributed by atoms with van der Waals surface area (Å²) in [4.78, 5) is 72.5. The Hall–Kier alpha value is -5.70. The maximum atomic E-state index is 13.7. The quantitative estimate of drug-likeness (QED) is 0.100. The second kappa shape index (κ2) is 14.8. The fraction of sp³-hybridized carbons (Fsp3) is 0.415. The van der Waals surface area contributed by atoms with Crippen molar-refractivity contribution in [1.82, 2.24) is 40.4 Å². The first-order valence-corrected chi connectivity index (χ1v) is 20.0. The zero-order chi connectivity index (χ0) is 39.4. The molecule has 3 aromatic carbocycles. The van der Waals surface area contributed by atoms with E-state index in [1.807, 2.05) is 44.7 Å². The number of aromatic nitrogens is 4. The van der Waals surface area contributed by atoms with E-state index in [1.54, 1.807) is 16.2 Å². The Bertz CT molecular complexity index is 2500. The number of carboxylic acid groups (broad SMARTS) is 1. The number of rotatable bonds is 9. The number of benzene rings is 3. The molecule has 4 atom stereocenters. The zero-order valence-electron chi connectivity index (χ0n) is 32.0. The second-order valence-electron chi connectivity index (χ2n) is 15.5. The van der Waals surface area contributed by atoms with Gasteiger partial charge in [0.05, 0.1) is 40.4 Å². The highest BCUT2D eigenvalue weighted by molar-refractivity contribution is 7.23. The van der Waals surface area contributed by atoms with Crippen molar-refractivity contribution in [3.8, 4) is 10.4 Å². The molecule has 292 valence electrons. The van der Waals surface area contributed by atoms with Crippen LogP contribution >= 0.6 is 11.3 Å². The van der Waals surface area contributed by atoms with Gasteiger partial charge in [-0.25, -0.2) is 19.6 Å². The molecule has 0 unspecified atom stereocenters. The lowest BCUT2D eigenvalue weighted by Crippen LogP contribution is -2.51. The molecule has 5 N–H and O–H groups in total. The first-order valence-electron chi connectivity index (χ1n) is 19.2. The van der Waals surface area contributed by atoms with Crippen molar-refractivity contribution in [2.75, 3.05) is 20.2 Å². The van der Waals surface area contributed by atoms with Crippen LogP contribution in [-0.2, 0) is 14.3 Å². The second-order valence-corrected chi connectivity index (χ2v) is 16.6. The summed E-state index contributed by atoms with van der Waals surface area (Å²) in [6.07, 6.45) is 1.33. The summed E-state index contributed by atoms with van der Waals surface area (Å²) in [6, 6.07) is 14.8. The number of carbonyl (C=O) groups excluding carboxylic acids is 3. The molecule has 4 amide bonds. The van der Waals surface area contributed by atoms with Crippen molar-refractivity contribution in [2.45, 2.75) is 77.5 Å². The molecule has 2 saturated heterocycles. The largest absolute Gasteiger partial charge is 0.465 e. The van der Waals surface area contributed by atoms with E-state index in [4.69, 9.17) is 14.7 Å². The van der Waals surface area contributed by atoms with Crippen LogP contribution in [0.4, 0.5) is 9.59 Å². The van der Waals surface area contributed by atoms with Gasteiger partial charge in [0.1, 0.15) is 29.2 Å². The van der Waals surface area contributed by atoms with E-state index in [9.17, 15) is 24.3 Å². The Morgan fingerprint density at radius 3 is 1.95 bits per heavy atom. The van der Waals surface area contributed by atoms with Crippen LogP contribution in [0.5, 0.6) is 0 Å². The van der Waals surface area contributed by atoms with Crippen LogP contribution in [0.15, 0.2) is 48.5 Å². The van der Waals surface area contributed by atoms with E-state index in [0.717, 1.165) is 84.9 Å². The first kappa shape index (κ1) is 37.2. The fourth-order valence-corrected chi connectivity index (χ4v) is 9.50. The molecule has 56 heavy (non-hydrogen) atoms. The Morgan fingerprint density at radius 1 is 0.786 bits per heavy atom. The Balaban J connectivity index is 1.07. The molecule has 0 saturated carbocycles. The number of amides is 4. The summed E-state index contributed by atoms with van der Waals surface area (Å²) in [6.45, 7) is 8.62. The molecule has 14 nitrogen and oxygen atoms in total. The molecule has 0 spiro atoms. The monoisotopic (exact) mass is 778 g/mol. The van der Waals surface area contributed by atoms with Crippen LogP contribution in [0, 0.1) is 11.8 Å². The van der Waals surface area contributed by atoms with Crippen LogP contribution in [-0.4, -0.2) is 91.1 Å². The van der Waals surface area contributed by atoms with Crippen molar-refractivity contribution in [1.29, 1.82) is 0 Å². The van der Waals surface area contributed by atoms with Gasteiger partial charge in [-0.15, -0.1) is 11.3 Å². The summed E-state index contributed by atoms with van der Waals surface area (Å²) in [7, 11) is 1.29. The van der Waals surface area contributed by atoms with E-state index in [2.05, 4.69) is 57.0 Å². The van der Waals surface area contributed by atoms with Gasteiger partial charge in [-0.2, -0.15) is 0 Å². The molecule has 2 aliphatic heterocycles. The molecule has 0 radical (unpaired) electrons. The predicted octanol–water partition coefficient (Wildman–Crippen LogP) is 7.47. The van der Waals surface area contributed by atoms with Gasteiger partial charge in [-0.3, -0.25) is 9.59 Å². The lowest BCUT2D eigenvalue weighted by molar-refractivity contribution is -0.136. The number of alkyl carbamates (subject to hydrolysis) is 1. The number of methoxy groups -OCH3 is 1. The molecule has 15 heteroatoms. The number of aromatic amines is 2. The van der Waals surface area contributed by atoms with Gasteiger partial charge in [0.15, 0.2) is 0 Å². The van der Waals surface area contributed by atoms with Crippen LogP contribution in [0.1, 0.15) is 77.1 Å². The molecular formula is C41H46N8O6S. The fourth-order valence-electron chi connectivity index (χ4n) is 8.35. The third-order valence-electron chi connectivity index (χ3n) is 11.2. The lowest BCUT2D eigenvalue weighted by Gasteiger charge is -2.29. The Morgan fingerprint density at radius 2 is 1.36 bits per heavy atom. The number of hydrogen-bond donors (Lipinski definition) is 5. The summed E-state index contributed by atoms with van der Waals surface area (Å²) >= 11 is 1.68. The average Bonchev–Trinajstić information content (AvgIpc) is 4.02. The molecule has 2 aliphatic rings. The van der Waals surface area contributed by atoms with Crippen molar-refractivity contribution >= 4 is 78.3 Å². The number of nitrogens with zero attached hydrogens (tertiary/aromatic N) is 4. The summed E-state index contributed by atoms with van der Waals surface area (Å²) in [5.74, 6) is 0.761. The number of fused-ring (bicyclic) bond motifs is 6. The number of nitrogens with one attached hydrogen (secondary N) is 4. The molecule has 2 fully saturated rings. The van der Waals surface area contributed by atoms with Crippen molar-refractivity contribution in [3.05, 3.63) is 60.2 Å². The maximum absolute atomic E-state index is 13.7. The number of ether oxygens (including phenoxy) is 1. The number of thiophene rings is 1. The van der Waals surface area contributed by atoms with Gasteiger partial charge >= 0.3 is 12.2 Å². The Kier molecular flexibility index (Phi) is 9.81. The van der Waals surface area contributed by atoms with Gasteiger partial charge in [0.2, 0.25) is 11.8 Å². The Labute approximate surface area is 327 Å². The van der Waals surface area contributed by atoms with E-state index in [-0.39, 0.29) is 35.7 Å².